The van der Waals surface area contributed by atoms with Gasteiger partial charge in [-0.1, -0.05) is 50.5 Å². The summed E-state index contributed by atoms with van der Waals surface area (Å²) in [5, 5.41) is 18.7. The number of carbonyl (C=O) groups excluding carboxylic acids is 1. The molecule has 0 saturated heterocycles. The smallest absolute Gasteiger partial charge is 0.194 e. The van der Waals surface area contributed by atoms with Crippen LogP contribution in [-0.2, 0) is 6.42 Å². The maximum Gasteiger partial charge on any atom is 0.194 e. The molecular weight excluding hydrogens is 352 g/mol. The second-order valence-electron chi connectivity index (χ2n) is 6.52. The summed E-state index contributed by atoms with van der Waals surface area (Å²) in [5.41, 5.74) is 2.10. The number of ketones is 1. The molecule has 27 heavy (non-hydrogen) atoms. The van der Waals surface area contributed by atoms with Crippen LogP contribution in [0.2, 0.25) is 0 Å². The first-order valence-corrected chi connectivity index (χ1v) is 10.0. The van der Waals surface area contributed by atoms with E-state index in [1.54, 1.807) is 29.5 Å². The molecule has 0 spiro atoms. The van der Waals surface area contributed by atoms with Gasteiger partial charge in [0.1, 0.15) is 17.7 Å². The van der Waals surface area contributed by atoms with Crippen LogP contribution >= 0.6 is 11.3 Å². The summed E-state index contributed by atoms with van der Waals surface area (Å²) in [7, 11) is 0. The minimum atomic E-state index is -0.124. The Balaban J connectivity index is 1.95. The van der Waals surface area contributed by atoms with Crippen LogP contribution in [0.4, 0.5) is 0 Å². The number of nitrogens with zero attached hydrogens (tertiary/aromatic N) is 2. The number of nitriles is 2. The van der Waals surface area contributed by atoms with Crippen molar-refractivity contribution in [2.24, 2.45) is 0 Å². The summed E-state index contributed by atoms with van der Waals surface area (Å²) in [6.07, 6.45) is 7.76. The number of thiophene rings is 1. The van der Waals surface area contributed by atoms with Crippen LogP contribution in [-0.4, -0.2) is 5.78 Å². The van der Waals surface area contributed by atoms with Gasteiger partial charge in [-0.2, -0.15) is 10.5 Å². The molecule has 0 saturated carbocycles. The van der Waals surface area contributed by atoms with Crippen LogP contribution in [0.15, 0.2) is 47.5 Å². The van der Waals surface area contributed by atoms with Crippen LogP contribution in [0.5, 0.6) is 0 Å². The van der Waals surface area contributed by atoms with E-state index in [1.165, 1.54) is 30.6 Å². The van der Waals surface area contributed by atoms with E-state index < -0.39 is 0 Å². The Labute approximate surface area is 163 Å². The van der Waals surface area contributed by atoms with Gasteiger partial charge in [0.05, 0.1) is 0 Å². The van der Waals surface area contributed by atoms with E-state index in [9.17, 15) is 15.3 Å². The highest BCUT2D eigenvalue weighted by Crippen LogP contribution is 2.40. The van der Waals surface area contributed by atoms with Gasteiger partial charge in [0.25, 0.3) is 0 Å². The lowest BCUT2D eigenvalue weighted by Crippen LogP contribution is -1.95. The van der Waals surface area contributed by atoms with Gasteiger partial charge in [-0.3, -0.25) is 4.79 Å². The summed E-state index contributed by atoms with van der Waals surface area (Å²) in [6, 6.07) is 15.2. The average molecular weight is 372 g/mol. The lowest BCUT2D eigenvalue weighted by Gasteiger charge is -2.01. The monoisotopic (exact) mass is 372 g/mol. The topological polar surface area (TPSA) is 64.7 Å². The number of unbranched alkanes of at least 4 members (excludes halogenated alkanes) is 3. The van der Waals surface area contributed by atoms with Crippen molar-refractivity contribution >= 4 is 28.8 Å². The first-order chi connectivity index (χ1) is 13.2. The second-order valence-corrected chi connectivity index (χ2v) is 7.72. The van der Waals surface area contributed by atoms with Crippen molar-refractivity contribution in [2.45, 2.75) is 39.0 Å². The quantitative estimate of drug-likeness (QED) is 0.357. The molecule has 0 fully saturated rings. The number of hydrogen-bond donors (Lipinski definition) is 0. The highest BCUT2D eigenvalue weighted by Gasteiger charge is 2.32. The molecule has 1 aromatic carbocycles. The first-order valence-electron chi connectivity index (χ1n) is 9.19. The summed E-state index contributed by atoms with van der Waals surface area (Å²) in [6.45, 7) is 2.20. The molecule has 0 radical (unpaired) electrons. The third kappa shape index (κ3) is 3.92. The van der Waals surface area contributed by atoms with Gasteiger partial charge in [0, 0.05) is 26.5 Å². The van der Waals surface area contributed by atoms with E-state index in [2.05, 4.69) is 13.0 Å². The molecule has 1 aromatic heterocycles. The molecule has 3 nitrogen and oxygen atoms in total. The van der Waals surface area contributed by atoms with Gasteiger partial charge < -0.3 is 0 Å². The van der Waals surface area contributed by atoms with Gasteiger partial charge in [-0.05, 0) is 36.6 Å². The van der Waals surface area contributed by atoms with Gasteiger partial charge in [0.15, 0.2) is 5.78 Å². The Kier molecular flexibility index (Phi) is 6.01. The van der Waals surface area contributed by atoms with Gasteiger partial charge in [-0.25, -0.2) is 0 Å². The van der Waals surface area contributed by atoms with E-state index in [1.807, 2.05) is 30.3 Å². The number of carbonyl (C=O) groups is 1. The minimum absolute atomic E-state index is 0.0177. The molecule has 134 valence electrons. The number of aryl methyl sites for hydroxylation is 1. The molecule has 2 aromatic rings. The molecule has 0 bridgehead atoms. The van der Waals surface area contributed by atoms with Crippen LogP contribution < -0.4 is 0 Å². The van der Waals surface area contributed by atoms with E-state index in [0.717, 1.165) is 11.3 Å². The molecule has 0 atom stereocenters. The van der Waals surface area contributed by atoms with Gasteiger partial charge in [-0.15, -0.1) is 11.3 Å². The molecule has 0 aliphatic heterocycles. The van der Waals surface area contributed by atoms with Crippen LogP contribution in [0.1, 0.15) is 58.3 Å². The Morgan fingerprint density at radius 3 is 2.48 bits per heavy atom. The summed E-state index contributed by atoms with van der Waals surface area (Å²) in [5.74, 6) is -0.124. The second kappa shape index (κ2) is 8.62. The molecule has 0 N–H and O–H groups in total. The highest BCUT2D eigenvalue weighted by atomic mass is 32.1. The molecule has 1 aliphatic carbocycles. The normalized spacial score (nSPS) is 14.1. The average Bonchev–Trinajstić information content (AvgIpc) is 3.25. The first kappa shape index (κ1) is 18.8. The zero-order valence-electron chi connectivity index (χ0n) is 15.3. The lowest BCUT2D eigenvalue weighted by atomic mass is 9.99. The van der Waals surface area contributed by atoms with Gasteiger partial charge in [0.2, 0.25) is 0 Å². The number of fused-ring (bicyclic) bond motifs is 1. The lowest BCUT2D eigenvalue weighted by molar-refractivity contribution is 0.104. The third-order valence-electron chi connectivity index (χ3n) is 4.67. The number of Topliss-reactive ketones (excluding diaryl/α,β-unsaturated/α-hetero) is 1. The predicted molar refractivity (Wildman–Crippen MR) is 109 cm³/mol. The van der Waals surface area contributed by atoms with Crippen molar-refractivity contribution in [3.05, 3.63) is 68.4 Å². The molecule has 0 amide bonds. The SMILES string of the molecule is CCCCCCc1ccc(/C=C2\C(=O)c3ccccc3C2=C(C#N)C#N)s1. The molecule has 1 heterocycles. The zero-order chi connectivity index (χ0) is 19.2. The fourth-order valence-corrected chi connectivity index (χ4v) is 4.32. The van der Waals surface area contributed by atoms with Crippen molar-refractivity contribution < 1.29 is 4.79 Å². The van der Waals surface area contributed by atoms with E-state index in [-0.39, 0.29) is 11.4 Å². The molecular formula is C23H20N2OS. The fourth-order valence-electron chi connectivity index (χ4n) is 3.32. The summed E-state index contributed by atoms with van der Waals surface area (Å²) < 4.78 is 0. The largest absolute Gasteiger partial charge is 0.289 e. The zero-order valence-corrected chi connectivity index (χ0v) is 16.1. The maximum absolute atomic E-state index is 12.9. The predicted octanol–water partition coefficient (Wildman–Crippen LogP) is 5.95. The Morgan fingerprint density at radius 1 is 1.04 bits per heavy atom. The Morgan fingerprint density at radius 2 is 1.78 bits per heavy atom. The maximum atomic E-state index is 12.9. The number of rotatable bonds is 6. The molecule has 1 aliphatic rings. The summed E-state index contributed by atoms with van der Waals surface area (Å²) >= 11 is 1.67. The standard InChI is InChI=1S/C23H20N2OS/c1-2-3-4-5-8-17-11-12-18(27-17)13-21-22(16(14-24)15-25)19-9-6-7-10-20(19)23(21)26/h6-7,9-13H,2-5,8H2,1H3/b21-13-. The number of hydrogen-bond acceptors (Lipinski definition) is 4. The van der Waals surface area contributed by atoms with E-state index in [4.69, 9.17) is 0 Å². The fraction of sp³-hybridized carbons (Fsp3) is 0.261. The van der Waals surface area contributed by atoms with Crippen molar-refractivity contribution in [2.75, 3.05) is 0 Å². The van der Waals surface area contributed by atoms with Crippen molar-refractivity contribution in [1.29, 1.82) is 10.5 Å². The van der Waals surface area contributed by atoms with Crippen molar-refractivity contribution in [1.82, 2.24) is 0 Å². The molecule has 3 rings (SSSR count). The van der Waals surface area contributed by atoms with E-state index in [0.29, 0.717) is 22.3 Å². The van der Waals surface area contributed by atoms with Crippen LogP contribution in [0.25, 0.3) is 11.6 Å². The number of benzene rings is 1. The Hall–Kier alpha value is -2.95. The van der Waals surface area contributed by atoms with Crippen LogP contribution in [0.3, 0.4) is 0 Å². The summed E-state index contributed by atoms with van der Waals surface area (Å²) in [4.78, 5) is 15.2. The van der Waals surface area contributed by atoms with Crippen molar-refractivity contribution in [3.63, 3.8) is 0 Å². The molecule has 4 heteroatoms. The van der Waals surface area contributed by atoms with Crippen molar-refractivity contribution in [3.8, 4) is 12.1 Å². The van der Waals surface area contributed by atoms with Crippen LogP contribution in [0, 0.1) is 22.7 Å². The van der Waals surface area contributed by atoms with Gasteiger partial charge >= 0.3 is 0 Å². The highest BCUT2D eigenvalue weighted by molar-refractivity contribution is 7.12. The molecule has 0 unspecified atom stereocenters. The minimum Gasteiger partial charge on any atom is -0.289 e. The third-order valence-corrected chi connectivity index (χ3v) is 5.77. The van der Waals surface area contributed by atoms with E-state index >= 15 is 0 Å². The number of allylic oxidation sites excluding steroid dienone is 3. The Bertz CT molecular complexity index is 995.